The molecule has 5 aliphatic carbocycles. The number of esters is 2. The van der Waals surface area contributed by atoms with E-state index in [0.29, 0.717) is 24.8 Å². The van der Waals surface area contributed by atoms with E-state index in [-0.39, 0.29) is 52.9 Å². The number of carbonyl (C=O) groups is 2. The van der Waals surface area contributed by atoms with Crippen molar-refractivity contribution >= 4 is 11.9 Å². The molecule has 0 aromatic heterocycles. The molecule has 1 N–H and O–H groups in total. The Morgan fingerprint density at radius 3 is 2.64 bits per heavy atom. The van der Waals surface area contributed by atoms with Crippen LogP contribution in [0, 0.1) is 34.5 Å². The first-order valence-electron chi connectivity index (χ1n) is 13.9. The summed E-state index contributed by atoms with van der Waals surface area (Å²) in [6.45, 7) is 12.5. The van der Waals surface area contributed by atoms with Gasteiger partial charge < -0.3 is 19.3 Å². The second kappa shape index (κ2) is 6.04. The predicted octanol–water partition coefficient (Wildman–Crippen LogP) is 4.17. The lowest BCUT2D eigenvalue weighted by atomic mass is 9.48. The minimum absolute atomic E-state index is 0.00187. The summed E-state index contributed by atoms with van der Waals surface area (Å²) in [6.07, 6.45) is 6.79. The van der Waals surface area contributed by atoms with Crippen LogP contribution in [0.5, 0.6) is 0 Å². The maximum atomic E-state index is 14.4. The Kier molecular flexibility index (Phi) is 3.71. The van der Waals surface area contributed by atoms with E-state index in [9.17, 15) is 14.7 Å². The number of carbonyl (C=O) groups excluding carboxylic acids is 2. The molecule has 11 atom stereocenters. The number of fused-ring (bicyclic) bond motifs is 6. The van der Waals surface area contributed by atoms with Crippen LogP contribution in [0.15, 0.2) is 34.9 Å². The highest BCUT2D eigenvalue weighted by Gasteiger charge is 2.84. The molecule has 6 nitrogen and oxygen atoms in total. The van der Waals surface area contributed by atoms with Gasteiger partial charge in [0.25, 0.3) is 0 Å². The Morgan fingerprint density at radius 1 is 1.08 bits per heavy atom. The van der Waals surface area contributed by atoms with E-state index in [1.165, 1.54) is 11.1 Å². The van der Waals surface area contributed by atoms with Crippen LogP contribution in [-0.2, 0) is 23.8 Å². The van der Waals surface area contributed by atoms with E-state index < -0.39 is 22.5 Å². The van der Waals surface area contributed by atoms with Crippen molar-refractivity contribution in [3.63, 3.8) is 0 Å². The Balaban J connectivity index is 1.34. The standard InChI is InChI=1S/C30H36O6/c1-14-6-11-30-20(14)23-19(8-10-27(30,5)36-30)28(25(32)35-23)12-17-13-29(28)21(15(17)2)22-18(7-9-26(29,4)33)16(3)24(31)34-22/h6,17-20,22-23,33H,3,7-13H2,1-2,4-5H3/t17-,18-,19+,20+,22-,23-,26-,27-,28-,29+,30+/m0/s1. The fraction of sp³-hybridized carbons (Fsp3) is 0.733. The second-order valence-corrected chi connectivity index (χ2v) is 13.7. The van der Waals surface area contributed by atoms with Gasteiger partial charge in [-0.25, -0.2) is 4.79 Å². The SMILES string of the molecule is C=C1C(=O)O[C@@H]2C3=C(C)[C@@H]4C[C@@]3([C@@](C)(O)CC[C@@H]12)[C@]1(C4)C(=O)O[C@@H]2[C@H]3C(C)=CC[C@@]34O[C@@]4(C)CC[C@H]21. The van der Waals surface area contributed by atoms with Crippen molar-refractivity contribution in [3.8, 4) is 0 Å². The van der Waals surface area contributed by atoms with E-state index in [1.54, 1.807) is 0 Å². The first-order chi connectivity index (χ1) is 16.9. The molecule has 8 aliphatic rings. The molecular formula is C30H36O6. The van der Waals surface area contributed by atoms with Crippen LogP contribution < -0.4 is 0 Å². The van der Waals surface area contributed by atoms with Crippen LogP contribution in [0.1, 0.15) is 72.6 Å². The molecule has 0 aromatic rings. The summed E-state index contributed by atoms with van der Waals surface area (Å²) in [7, 11) is 0. The normalized spacial score (nSPS) is 57.9. The predicted molar refractivity (Wildman–Crippen MR) is 129 cm³/mol. The number of ether oxygens (including phenoxy) is 3. The minimum Gasteiger partial charge on any atom is -0.461 e. The highest BCUT2D eigenvalue weighted by Crippen LogP contribution is 2.80. The monoisotopic (exact) mass is 492 g/mol. The molecular weight excluding hydrogens is 456 g/mol. The van der Waals surface area contributed by atoms with E-state index in [1.807, 2.05) is 6.92 Å². The average molecular weight is 493 g/mol. The molecule has 3 heterocycles. The molecule has 0 unspecified atom stereocenters. The summed E-state index contributed by atoms with van der Waals surface area (Å²) in [5, 5.41) is 12.4. The first kappa shape index (κ1) is 22.1. The van der Waals surface area contributed by atoms with Gasteiger partial charge in [-0.1, -0.05) is 23.8 Å². The third-order valence-electron chi connectivity index (χ3n) is 12.7. The van der Waals surface area contributed by atoms with Crippen LogP contribution in [0.2, 0.25) is 0 Å². The van der Waals surface area contributed by atoms with Gasteiger partial charge in [0, 0.05) is 28.7 Å². The van der Waals surface area contributed by atoms with Crippen molar-refractivity contribution in [3.05, 3.63) is 34.9 Å². The largest absolute Gasteiger partial charge is 0.461 e. The fourth-order valence-corrected chi connectivity index (χ4v) is 11.1. The highest BCUT2D eigenvalue weighted by molar-refractivity contribution is 5.92. The van der Waals surface area contributed by atoms with Crippen LogP contribution in [0.25, 0.3) is 0 Å². The summed E-state index contributed by atoms with van der Waals surface area (Å²) in [6, 6.07) is 0. The molecule has 3 spiro atoms. The Labute approximate surface area is 212 Å². The Hall–Kier alpha value is -1.92. The lowest BCUT2D eigenvalue weighted by Gasteiger charge is -2.54. The van der Waals surface area contributed by atoms with Gasteiger partial charge in [0.1, 0.15) is 17.8 Å². The van der Waals surface area contributed by atoms with Crippen molar-refractivity contribution in [2.24, 2.45) is 34.5 Å². The summed E-state index contributed by atoms with van der Waals surface area (Å²) < 4.78 is 19.0. The fourth-order valence-electron chi connectivity index (χ4n) is 11.1. The smallest absolute Gasteiger partial charge is 0.334 e. The summed E-state index contributed by atoms with van der Waals surface area (Å²) in [5.74, 6) is -0.379. The molecule has 6 heteroatoms. The van der Waals surface area contributed by atoms with Crippen LogP contribution in [0.4, 0.5) is 0 Å². The van der Waals surface area contributed by atoms with Gasteiger partial charge in [0.15, 0.2) is 0 Å². The molecule has 0 radical (unpaired) electrons. The number of epoxide rings is 1. The number of allylic oxidation sites excluding steroid dienone is 1. The minimum atomic E-state index is -1.12. The van der Waals surface area contributed by atoms with E-state index in [2.05, 4.69) is 33.4 Å². The molecule has 3 saturated carbocycles. The van der Waals surface area contributed by atoms with Gasteiger partial charge >= 0.3 is 11.9 Å². The van der Waals surface area contributed by atoms with Gasteiger partial charge in [0.2, 0.25) is 0 Å². The molecule has 3 saturated heterocycles. The summed E-state index contributed by atoms with van der Waals surface area (Å²) >= 11 is 0. The van der Waals surface area contributed by atoms with Gasteiger partial charge in [-0.15, -0.1) is 0 Å². The molecule has 3 aliphatic heterocycles. The van der Waals surface area contributed by atoms with Gasteiger partial charge in [-0.3, -0.25) is 4.79 Å². The number of aliphatic hydroxyl groups is 1. The Bertz CT molecular complexity index is 1240. The molecule has 0 aromatic carbocycles. The van der Waals surface area contributed by atoms with Gasteiger partial charge in [0.05, 0.1) is 16.6 Å². The zero-order valence-electron chi connectivity index (χ0n) is 21.7. The maximum absolute atomic E-state index is 14.4. The number of hydrogen-bond acceptors (Lipinski definition) is 6. The van der Waals surface area contributed by atoms with Gasteiger partial charge in [-0.05, 0) is 84.1 Å². The third-order valence-corrected chi connectivity index (χ3v) is 12.7. The van der Waals surface area contributed by atoms with Gasteiger partial charge in [-0.2, -0.15) is 0 Å². The Morgan fingerprint density at radius 2 is 1.86 bits per heavy atom. The van der Waals surface area contributed by atoms with Crippen LogP contribution >= 0.6 is 0 Å². The van der Waals surface area contributed by atoms with Crippen LogP contribution in [-0.4, -0.2) is 46.1 Å². The zero-order valence-corrected chi connectivity index (χ0v) is 21.7. The molecule has 8 rings (SSSR count). The maximum Gasteiger partial charge on any atom is 0.334 e. The average Bonchev–Trinajstić information content (AvgIpc) is 3.21. The molecule has 0 amide bonds. The quantitative estimate of drug-likeness (QED) is 0.236. The van der Waals surface area contributed by atoms with Crippen molar-refractivity contribution in [2.45, 2.75) is 102 Å². The van der Waals surface area contributed by atoms with E-state index >= 15 is 0 Å². The van der Waals surface area contributed by atoms with E-state index in [0.717, 1.165) is 31.3 Å². The number of rotatable bonds is 0. The van der Waals surface area contributed by atoms with E-state index in [4.69, 9.17) is 14.2 Å². The van der Waals surface area contributed by atoms with Crippen molar-refractivity contribution < 1.29 is 28.9 Å². The first-order valence-corrected chi connectivity index (χ1v) is 13.9. The summed E-state index contributed by atoms with van der Waals surface area (Å²) in [4.78, 5) is 27.1. The van der Waals surface area contributed by atoms with Crippen molar-refractivity contribution in [2.75, 3.05) is 0 Å². The van der Waals surface area contributed by atoms with Crippen LogP contribution in [0.3, 0.4) is 0 Å². The van der Waals surface area contributed by atoms with Crippen molar-refractivity contribution in [1.82, 2.24) is 0 Å². The second-order valence-electron chi connectivity index (χ2n) is 13.7. The lowest BCUT2D eigenvalue weighted by molar-refractivity contribution is -0.169. The molecule has 36 heavy (non-hydrogen) atoms. The number of hydrogen-bond donors (Lipinski definition) is 1. The lowest BCUT2D eigenvalue weighted by Crippen LogP contribution is -2.60. The zero-order chi connectivity index (χ0) is 25.2. The molecule has 2 bridgehead atoms. The van der Waals surface area contributed by atoms with Crippen molar-refractivity contribution in [1.29, 1.82) is 0 Å². The summed E-state index contributed by atoms with van der Waals surface area (Å²) in [5.41, 5.74) is 0.807. The highest BCUT2D eigenvalue weighted by atomic mass is 16.6. The topological polar surface area (TPSA) is 85.4 Å². The third kappa shape index (κ3) is 1.98. The molecule has 192 valence electrons. The molecule has 6 fully saturated rings.